The van der Waals surface area contributed by atoms with Gasteiger partial charge in [-0.05, 0) is 41.5 Å². The van der Waals surface area contributed by atoms with E-state index in [9.17, 15) is 19.7 Å². The molecule has 1 aromatic heterocycles. The van der Waals surface area contributed by atoms with Crippen LogP contribution in [0.1, 0.15) is 57.6 Å². The topological polar surface area (TPSA) is 109 Å². The second-order valence-corrected chi connectivity index (χ2v) is 7.21. The van der Waals surface area contributed by atoms with Gasteiger partial charge in [0, 0.05) is 6.07 Å². The van der Waals surface area contributed by atoms with Crippen molar-refractivity contribution >= 4 is 17.6 Å². The largest absolute Gasteiger partial charge is 0.460 e. The van der Waals surface area contributed by atoms with Crippen LogP contribution in [0.4, 0.5) is 5.69 Å². The van der Waals surface area contributed by atoms with Crippen LogP contribution >= 0.6 is 0 Å². The monoisotopic (exact) mass is 338 g/mol. The average Bonchev–Trinajstić information content (AvgIpc) is 2.34. The molecule has 132 valence electrons. The standard InChI is InChI=1S/C16H22N2O6/c1-15(2,3)23-13(19)8-12-11(14(20)24-16(4,5)6)7-10(9-17-12)18(21)22/h7,9H,8H2,1-6H3. The van der Waals surface area contributed by atoms with Gasteiger partial charge in [-0.15, -0.1) is 0 Å². The summed E-state index contributed by atoms with van der Waals surface area (Å²) in [5.41, 5.74) is -1.88. The van der Waals surface area contributed by atoms with Crippen LogP contribution in [0.15, 0.2) is 12.3 Å². The Balaban J connectivity index is 3.17. The van der Waals surface area contributed by atoms with Crippen molar-refractivity contribution in [1.82, 2.24) is 4.98 Å². The fourth-order valence-electron chi connectivity index (χ4n) is 1.75. The molecule has 0 aliphatic heterocycles. The van der Waals surface area contributed by atoms with Crippen LogP contribution in [-0.4, -0.2) is 33.0 Å². The number of pyridine rings is 1. The van der Waals surface area contributed by atoms with Crippen molar-refractivity contribution in [1.29, 1.82) is 0 Å². The van der Waals surface area contributed by atoms with Gasteiger partial charge in [0.05, 0.1) is 22.6 Å². The number of hydrogen-bond acceptors (Lipinski definition) is 7. The summed E-state index contributed by atoms with van der Waals surface area (Å²) in [7, 11) is 0. The Morgan fingerprint density at radius 2 is 1.67 bits per heavy atom. The molecule has 0 radical (unpaired) electrons. The molecule has 1 heterocycles. The second-order valence-electron chi connectivity index (χ2n) is 7.21. The highest BCUT2D eigenvalue weighted by Gasteiger charge is 2.26. The fourth-order valence-corrected chi connectivity index (χ4v) is 1.75. The Morgan fingerprint density at radius 3 is 2.12 bits per heavy atom. The molecule has 0 unspecified atom stereocenters. The molecule has 0 fully saturated rings. The minimum absolute atomic E-state index is 0.0732. The first kappa shape index (κ1) is 19.5. The van der Waals surface area contributed by atoms with Gasteiger partial charge in [0.25, 0.3) is 5.69 Å². The van der Waals surface area contributed by atoms with Gasteiger partial charge in [0.1, 0.15) is 17.4 Å². The Bertz CT molecular complexity index is 656. The van der Waals surface area contributed by atoms with E-state index in [2.05, 4.69) is 4.98 Å². The summed E-state index contributed by atoms with van der Waals surface area (Å²) in [6.07, 6.45) is 0.706. The highest BCUT2D eigenvalue weighted by atomic mass is 16.6. The number of nitrogens with zero attached hydrogens (tertiary/aromatic N) is 2. The molecule has 0 saturated carbocycles. The predicted molar refractivity (Wildman–Crippen MR) is 85.6 cm³/mol. The molecular weight excluding hydrogens is 316 g/mol. The molecule has 0 aliphatic carbocycles. The molecule has 0 N–H and O–H groups in total. The molecule has 0 spiro atoms. The van der Waals surface area contributed by atoms with Crippen LogP contribution in [0.2, 0.25) is 0 Å². The second kappa shape index (κ2) is 6.94. The summed E-state index contributed by atoms with van der Waals surface area (Å²) in [4.78, 5) is 38.4. The van der Waals surface area contributed by atoms with Crippen molar-refractivity contribution in [2.45, 2.75) is 59.2 Å². The number of ether oxygens (including phenoxy) is 2. The summed E-state index contributed by atoms with van der Waals surface area (Å²) < 4.78 is 10.4. The first-order chi connectivity index (χ1) is 10.8. The molecule has 8 heteroatoms. The van der Waals surface area contributed by atoms with E-state index >= 15 is 0 Å². The third kappa shape index (κ3) is 6.31. The maximum absolute atomic E-state index is 12.3. The van der Waals surface area contributed by atoms with Gasteiger partial charge in [0.2, 0.25) is 0 Å². The van der Waals surface area contributed by atoms with Gasteiger partial charge in [-0.3, -0.25) is 19.9 Å². The predicted octanol–water partition coefficient (Wildman–Crippen LogP) is 2.83. The van der Waals surface area contributed by atoms with Crippen molar-refractivity contribution in [2.75, 3.05) is 0 Å². The highest BCUT2D eigenvalue weighted by molar-refractivity contribution is 5.92. The number of nitro groups is 1. The van der Waals surface area contributed by atoms with Crippen LogP contribution in [0, 0.1) is 10.1 Å². The molecule has 0 aromatic carbocycles. The normalized spacial score (nSPS) is 11.8. The van der Waals surface area contributed by atoms with E-state index in [0.717, 1.165) is 12.3 Å². The Kier molecular flexibility index (Phi) is 5.65. The summed E-state index contributed by atoms with van der Waals surface area (Å²) in [5.74, 6) is -1.37. The lowest BCUT2D eigenvalue weighted by Gasteiger charge is -2.21. The zero-order valence-electron chi connectivity index (χ0n) is 14.7. The molecule has 0 saturated heterocycles. The Hall–Kier alpha value is -2.51. The van der Waals surface area contributed by atoms with Crippen LogP contribution in [0.25, 0.3) is 0 Å². The Morgan fingerprint density at radius 1 is 1.12 bits per heavy atom. The highest BCUT2D eigenvalue weighted by Crippen LogP contribution is 2.20. The lowest BCUT2D eigenvalue weighted by molar-refractivity contribution is -0.385. The van der Waals surface area contributed by atoms with Crippen LogP contribution in [0.3, 0.4) is 0 Å². The minimum atomic E-state index is -0.787. The van der Waals surface area contributed by atoms with Crippen LogP contribution in [-0.2, 0) is 20.7 Å². The Labute approximate surface area is 140 Å². The van der Waals surface area contributed by atoms with Crippen molar-refractivity contribution in [3.63, 3.8) is 0 Å². The summed E-state index contributed by atoms with van der Waals surface area (Å²) in [5, 5.41) is 10.9. The number of carbonyl (C=O) groups excluding carboxylic acids is 2. The van der Waals surface area contributed by atoms with Gasteiger partial charge >= 0.3 is 11.9 Å². The number of rotatable bonds is 4. The quantitative estimate of drug-likeness (QED) is 0.471. The summed E-state index contributed by atoms with van der Waals surface area (Å²) >= 11 is 0. The maximum Gasteiger partial charge on any atom is 0.340 e. The number of aromatic nitrogens is 1. The van der Waals surface area contributed by atoms with Crippen molar-refractivity contribution in [3.05, 3.63) is 33.6 Å². The van der Waals surface area contributed by atoms with Crippen molar-refractivity contribution in [2.24, 2.45) is 0 Å². The third-order valence-corrected chi connectivity index (χ3v) is 2.52. The molecule has 1 aromatic rings. The van der Waals surface area contributed by atoms with E-state index in [1.807, 2.05) is 0 Å². The minimum Gasteiger partial charge on any atom is -0.460 e. The van der Waals surface area contributed by atoms with E-state index in [0.29, 0.717) is 0 Å². The molecule has 0 aliphatic rings. The average molecular weight is 338 g/mol. The van der Waals surface area contributed by atoms with Crippen molar-refractivity contribution < 1.29 is 24.0 Å². The lowest BCUT2D eigenvalue weighted by atomic mass is 10.1. The molecule has 8 nitrogen and oxygen atoms in total. The first-order valence-corrected chi connectivity index (χ1v) is 7.37. The molecule has 1 rings (SSSR count). The molecule has 0 amide bonds. The van der Waals surface area contributed by atoms with E-state index in [1.54, 1.807) is 41.5 Å². The lowest BCUT2D eigenvalue weighted by Crippen LogP contribution is -2.27. The van der Waals surface area contributed by atoms with E-state index in [1.165, 1.54) is 0 Å². The van der Waals surface area contributed by atoms with E-state index in [4.69, 9.17) is 9.47 Å². The summed E-state index contributed by atoms with van der Waals surface area (Å²) in [6, 6.07) is 1.06. The zero-order chi connectivity index (χ0) is 18.7. The van der Waals surface area contributed by atoms with E-state index < -0.39 is 28.1 Å². The fraction of sp³-hybridized carbons (Fsp3) is 0.562. The maximum atomic E-state index is 12.3. The number of carbonyl (C=O) groups is 2. The van der Waals surface area contributed by atoms with Gasteiger partial charge in [0.15, 0.2) is 0 Å². The first-order valence-electron chi connectivity index (χ1n) is 7.37. The van der Waals surface area contributed by atoms with Gasteiger partial charge in [-0.1, -0.05) is 0 Å². The van der Waals surface area contributed by atoms with E-state index in [-0.39, 0.29) is 23.4 Å². The molecule has 24 heavy (non-hydrogen) atoms. The SMILES string of the molecule is CC(C)(C)OC(=O)Cc1ncc([N+](=O)[O-])cc1C(=O)OC(C)(C)C. The zero-order valence-corrected chi connectivity index (χ0v) is 14.7. The van der Waals surface area contributed by atoms with Crippen LogP contribution in [0.5, 0.6) is 0 Å². The van der Waals surface area contributed by atoms with Gasteiger partial charge in [-0.2, -0.15) is 0 Å². The van der Waals surface area contributed by atoms with Crippen molar-refractivity contribution in [3.8, 4) is 0 Å². The summed E-state index contributed by atoms with van der Waals surface area (Å²) in [6.45, 7) is 10.1. The number of esters is 2. The smallest absolute Gasteiger partial charge is 0.340 e. The molecular formula is C16H22N2O6. The van der Waals surface area contributed by atoms with Gasteiger partial charge < -0.3 is 9.47 Å². The molecule has 0 atom stereocenters. The third-order valence-electron chi connectivity index (χ3n) is 2.52. The van der Waals surface area contributed by atoms with Gasteiger partial charge in [-0.25, -0.2) is 4.79 Å². The van der Waals surface area contributed by atoms with Crippen LogP contribution < -0.4 is 0 Å². The molecule has 0 bridgehead atoms. The number of hydrogen-bond donors (Lipinski definition) is 0.